The lowest BCUT2D eigenvalue weighted by Crippen LogP contribution is -2.19. The van der Waals surface area contributed by atoms with Gasteiger partial charge in [0.1, 0.15) is 12.3 Å². The van der Waals surface area contributed by atoms with Crippen LogP contribution in [0.4, 0.5) is 15.8 Å². The number of rotatable bonds is 9. The summed E-state index contributed by atoms with van der Waals surface area (Å²) in [7, 11) is 2.97. The van der Waals surface area contributed by atoms with Crippen LogP contribution in [-0.2, 0) is 22.6 Å². The maximum absolute atomic E-state index is 13.7. The Hall–Kier alpha value is -3.88. The molecule has 0 radical (unpaired) electrons. The molecule has 0 aliphatic rings. The van der Waals surface area contributed by atoms with Gasteiger partial charge in [0, 0.05) is 18.3 Å². The Morgan fingerprint density at radius 3 is 2.42 bits per heavy atom. The average molecular weight is 426 g/mol. The summed E-state index contributed by atoms with van der Waals surface area (Å²) in [5.74, 6) is -0.0973. The van der Waals surface area contributed by atoms with Crippen LogP contribution < -0.4 is 20.1 Å². The number of amides is 2. The van der Waals surface area contributed by atoms with Crippen LogP contribution in [0.25, 0.3) is 0 Å². The molecule has 2 N–H and O–H groups in total. The lowest BCUT2D eigenvalue weighted by Gasteiger charge is -2.06. The molecule has 0 saturated heterocycles. The Labute approximate surface area is 179 Å². The zero-order valence-corrected chi connectivity index (χ0v) is 17.2. The zero-order valence-electron chi connectivity index (χ0n) is 17.2. The molecule has 0 bridgehead atoms. The maximum atomic E-state index is 13.7. The number of nitrogens with zero attached hydrogens (tertiary/aromatic N) is 2. The lowest BCUT2D eigenvalue weighted by atomic mass is 10.1. The minimum absolute atomic E-state index is 0.00692. The fraction of sp³-hybridized carbons (Fsp3) is 0.227. The van der Waals surface area contributed by atoms with Gasteiger partial charge in [0.15, 0.2) is 11.6 Å². The highest BCUT2D eigenvalue weighted by Gasteiger charge is 2.10. The molecule has 3 aromatic rings. The van der Waals surface area contributed by atoms with Crippen molar-refractivity contribution in [3.05, 3.63) is 66.2 Å². The van der Waals surface area contributed by atoms with E-state index < -0.39 is 5.82 Å². The van der Waals surface area contributed by atoms with Crippen molar-refractivity contribution in [3.63, 3.8) is 0 Å². The third-order valence-corrected chi connectivity index (χ3v) is 4.45. The number of hydrogen-bond acceptors (Lipinski definition) is 5. The van der Waals surface area contributed by atoms with E-state index in [1.807, 2.05) is 0 Å². The van der Waals surface area contributed by atoms with E-state index in [0.717, 1.165) is 0 Å². The van der Waals surface area contributed by atoms with Gasteiger partial charge in [-0.05, 0) is 48.4 Å². The number of benzene rings is 2. The first-order valence-electron chi connectivity index (χ1n) is 9.55. The van der Waals surface area contributed by atoms with Gasteiger partial charge in [-0.15, -0.1) is 0 Å². The predicted molar refractivity (Wildman–Crippen MR) is 114 cm³/mol. The minimum Gasteiger partial charge on any atom is -0.497 e. The molecular weight excluding hydrogens is 403 g/mol. The minimum atomic E-state index is -0.463. The van der Waals surface area contributed by atoms with Crippen LogP contribution in [0.5, 0.6) is 11.5 Å². The van der Waals surface area contributed by atoms with Crippen molar-refractivity contribution in [1.29, 1.82) is 0 Å². The highest BCUT2D eigenvalue weighted by Crippen LogP contribution is 2.19. The van der Waals surface area contributed by atoms with Crippen LogP contribution in [-0.4, -0.2) is 35.8 Å². The Morgan fingerprint density at radius 1 is 1.00 bits per heavy atom. The van der Waals surface area contributed by atoms with Crippen LogP contribution in [0.3, 0.4) is 0 Å². The Kier molecular flexibility index (Phi) is 7.21. The zero-order chi connectivity index (χ0) is 22.2. The number of anilines is 2. The number of ether oxygens (including phenoxy) is 2. The summed E-state index contributed by atoms with van der Waals surface area (Å²) in [6.07, 6.45) is 3.59. The number of carbonyl (C=O) groups is 2. The fourth-order valence-corrected chi connectivity index (χ4v) is 2.88. The molecule has 2 aromatic carbocycles. The summed E-state index contributed by atoms with van der Waals surface area (Å²) < 4.78 is 25.1. The highest BCUT2D eigenvalue weighted by molar-refractivity contribution is 5.91. The summed E-state index contributed by atoms with van der Waals surface area (Å²) in [5.41, 5.74) is 1.81. The van der Waals surface area contributed by atoms with E-state index >= 15 is 0 Å². The first kappa shape index (κ1) is 21.8. The molecule has 162 valence electrons. The second-order valence-electron chi connectivity index (χ2n) is 6.72. The van der Waals surface area contributed by atoms with Crippen molar-refractivity contribution in [1.82, 2.24) is 9.78 Å². The van der Waals surface area contributed by atoms with Crippen LogP contribution >= 0.6 is 0 Å². The van der Waals surface area contributed by atoms with E-state index in [9.17, 15) is 14.0 Å². The summed E-state index contributed by atoms with van der Waals surface area (Å²) >= 11 is 0. The number of halogens is 1. The number of hydrogen-bond donors (Lipinski definition) is 2. The van der Waals surface area contributed by atoms with Crippen LogP contribution in [0, 0.1) is 5.82 Å². The van der Waals surface area contributed by atoms with E-state index in [2.05, 4.69) is 15.7 Å². The molecule has 0 spiro atoms. The molecule has 0 fully saturated rings. The monoisotopic (exact) mass is 426 g/mol. The maximum Gasteiger partial charge on any atom is 0.246 e. The first-order chi connectivity index (χ1) is 15.0. The second-order valence-corrected chi connectivity index (χ2v) is 6.72. The molecular formula is C22H23FN4O4. The standard InChI is InChI=1S/C22H23FN4O4/c1-30-18-7-5-16(6-8-18)25-22(29)14-27-13-17(12-24-27)26-21(28)10-4-15-3-9-20(31-2)19(23)11-15/h3,5-9,11-13H,4,10,14H2,1-2H3,(H,25,29)(H,26,28). The average Bonchev–Trinajstić information content (AvgIpc) is 3.19. The SMILES string of the molecule is COc1ccc(NC(=O)Cn2cc(NC(=O)CCc3ccc(OC)c(F)c3)cn2)cc1. The second kappa shape index (κ2) is 10.2. The first-order valence-corrected chi connectivity index (χ1v) is 9.55. The summed E-state index contributed by atoms with van der Waals surface area (Å²) in [4.78, 5) is 24.3. The molecule has 8 nitrogen and oxygen atoms in total. The Morgan fingerprint density at radius 2 is 1.74 bits per heavy atom. The van der Waals surface area contributed by atoms with Gasteiger partial charge >= 0.3 is 0 Å². The van der Waals surface area contributed by atoms with Gasteiger partial charge in [-0.1, -0.05) is 6.07 Å². The number of aromatic nitrogens is 2. The third-order valence-electron chi connectivity index (χ3n) is 4.45. The number of nitrogens with one attached hydrogen (secondary N) is 2. The van der Waals surface area contributed by atoms with E-state index in [-0.39, 0.29) is 30.5 Å². The summed E-state index contributed by atoms with van der Waals surface area (Å²) in [6, 6.07) is 11.6. The van der Waals surface area contributed by atoms with Crippen molar-refractivity contribution in [2.45, 2.75) is 19.4 Å². The molecule has 9 heteroatoms. The van der Waals surface area contributed by atoms with E-state index in [1.54, 1.807) is 43.6 Å². The van der Waals surface area contributed by atoms with Crippen LogP contribution in [0.2, 0.25) is 0 Å². The number of aryl methyl sites for hydroxylation is 1. The molecule has 0 atom stereocenters. The predicted octanol–water partition coefficient (Wildman–Crippen LogP) is 3.25. The molecule has 1 aromatic heterocycles. The van der Waals surface area contributed by atoms with Gasteiger partial charge in [-0.2, -0.15) is 5.10 Å². The molecule has 31 heavy (non-hydrogen) atoms. The highest BCUT2D eigenvalue weighted by atomic mass is 19.1. The van der Waals surface area contributed by atoms with Gasteiger partial charge in [0.25, 0.3) is 0 Å². The van der Waals surface area contributed by atoms with E-state index in [0.29, 0.717) is 29.1 Å². The van der Waals surface area contributed by atoms with Crippen molar-refractivity contribution in [2.24, 2.45) is 0 Å². The summed E-state index contributed by atoms with van der Waals surface area (Å²) in [5, 5.41) is 9.56. The normalized spacial score (nSPS) is 10.4. The van der Waals surface area contributed by atoms with Crippen molar-refractivity contribution >= 4 is 23.2 Å². The lowest BCUT2D eigenvalue weighted by molar-refractivity contribution is -0.117. The van der Waals surface area contributed by atoms with Crippen LogP contribution in [0.1, 0.15) is 12.0 Å². The molecule has 1 heterocycles. The Bertz CT molecular complexity index is 1050. The van der Waals surface area contributed by atoms with E-state index in [4.69, 9.17) is 9.47 Å². The molecule has 0 saturated carbocycles. The third kappa shape index (κ3) is 6.30. The van der Waals surface area contributed by atoms with Crippen molar-refractivity contribution in [3.8, 4) is 11.5 Å². The van der Waals surface area contributed by atoms with Gasteiger partial charge in [0.05, 0.1) is 26.1 Å². The molecule has 0 aliphatic heterocycles. The molecule has 2 amide bonds. The largest absolute Gasteiger partial charge is 0.497 e. The van der Waals surface area contributed by atoms with Gasteiger partial charge in [-0.3, -0.25) is 14.3 Å². The summed E-state index contributed by atoms with van der Waals surface area (Å²) in [6.45, 7) is -0.00692. The smallest absolute Gasteiger partial charge is 0.246 e. The quantitative estimate of drug-likeness (QED) is 0.548. The van der Waals surface area contributed by atoms with E-state index in [1.165, 1.54) is 30.1 Å². The number of methoxy groups -OCH3 is 2. The van der Waals surface area contributed by atoms with Gasteiger partial charge in [-0.25, -0.2) is 4.39 Å². The van der Waals surface area contributed by atoms with Gasteiger partial charge in [0.2, 0.25) is 11.8 Å². The van der Waals surface area contributed by atoms with Crippen LogP contribution in [0.15, 0.2) is 54.9 Å². The number of carbonyl (C=O) groups excluding carboxylic acids is 2. The molecule has 3 rings (SSSR count). The fourth-order valence-electron chi connectivity index (χ4n) is 2.88. The molecule has 0 unspecified atom stereocenters. The van der Waals surface area contributed by atoms with Gasteiger partial charge < -0.3 is 20.1 Å². The van der Waals surface area contributed by atoms with Crippen molar-refractivity contribution < 1.29 is 23.5 Å². The topological polar surface area (TPSA) is 94.5 Å². The molecule has 0 aliphatic carbocycles. The Balaban J connectivity index is 1.46. The van der Waals surface area contributed by atoms with Crippen molar-refractivity contribution in [2.75, 3.05) is 24.9 Å².